The van der Waals surface area contributed by atoms with Crippen molar-refractivity contribution in [2.45, 2.75) is 13.0 Å². The van der Waals surface area contributed by atoms with Crippen molar-refractivity contribution in [2.24, 2.45) is 0 Å². The van der Waals surface area contributed by atoms with Gasteiger partial charge in [-0.1, -0.05) is 6.07 Å². The van der Waals surface area contributed by atoms with E-state index in [1.165, 1.54) is 18.3 Å². The number of hydrogen-bond donors (Lipinski definition) is 1. The number of nitro groups is 1. The monoisotopic (exact) mass is 260 g/mol. The first kappa shape index (κ1) is 13.0. The Labute approximate surface area is 109 Å². The molecule has 0 bridgehead atoms. The van der Waals surface area contributed by atoms with Crippen molar-refractivity contribution in [1.82, 2.24) is 4.98 Å². The van der Waals surface area contributed by atoms with Crippen molar-refractivity contribution in [3.8, 4) is 11.5 Å². The Morgan fingerprint density at radius 2 is 2.11 bits per heavy atom. The van der Waals surface area contributed by atoms with Gasteiger partial charge in [0.05, 0.1) is 29.0 Å². The van der Waals surface area contributed by atoms with Crippen molar-refractivity contribution in [3.63, 3.8) is 0 Å². The zero-order chi connectivity index (χ0) is 13.8. The van der Waals surface area contributed by atoms with Gasteiger partial charge in [-0.25, -0.2) is 0 Å². The Morgan fingerprint density at radius 3 is 2.68 bits per heavy atom. The minimum atomic E-state index is -0.646. The third-order valence-electron chi connectivity index (χ3n) is 2.45. The maximum atomic E-state index is 10.6. The lowest BCUT2D eigenvalue weighted by atomic mass is 10.2. The predicted molar refractivity (Wildman–Crippen MR) is 68.0 cm³/mol. The molecule has 98 valence electrons. The molecule has 6 heteroatoms. The van der Waals surface area contributed by atoms with E-state index in [1.807, 2.05) is 0 Å². The molecule has 0 unspecified atom stereocenters. The van der Waals surface area contributed by atoms with Gasteiger partial charge in [0.25, 0.3) is 5.69 Å². The van der Waals surface area contributed by atoms with Crippen LogP contribution in [-0.4, -0.2) is 15.0 Å². The molecule has 1 atom stereocenters. The second-order valence-corrected chi connectivity index (χ2v) is 3.95. The van der Waals surface area contributed by atoms with Crippen LogP contribution in [0.15, 0.2) is 42.6 Å². The standard InChI is InChI=1S/C13H12N2O4/c1-9(16)13-6-5-12(8-14-13)19-11-4-2-3-10(7-11)15(17)18/h2-9,16H,1H3/t9-/m0/s1. The van der Waals surface area contributed by atoms with Crippen LogP contribution in [0, 0.1) is 10.1 Å². The Kier molecular flexibility index (Phi) is 3.72. The van der Waals surface area contributed by atoms with Gasteiger partial charge >= 0.3 is 0 Å². The Hall–Kier alpha value is -2.47. The number of pyridine rings is 1. The molecular weight excluding hydrogens is 248 g/mol. The number of nitro benzene ring substituents is 1. The number of benzene rings is 1. The van der Waals surface area contributed by atoms with E-state index in [9.17, 15) is 15.2 Å². The van der Waals surface area contributed by atoms with Crippen LogP contribution in [0.5, 0.6) is 11.5 Å². The number of rotatable bonds is 4. The molecule has 2 rings (SSSR count). The molecule has 0 amide bonds. The highest BCUT2D eigenvalue weighted by atomic mass is 16.6. The molecule has 2 aromatic rings. The molecule has 1 aromatic carbocycles. The van der Waals surface area contributed by atoms with Crippen molar-refractivity contribution in [1.29, 1.82) is 0 Å². The Balaban J connectivity index is 2.16. The van der Waals surface area contributed by atoms with Gasteiger partial charge in [-0.05, 0) is 25.1 Å². The molecule has 1 N–H and O–H groups in total. The lowest BCUT2D eigenvalue weighted by Crippen LogP contribution is -1.95. The van der Waals surface area contributed by atoms with Crippen molar-refractivity contribution in [3.05, 3.63) is 58.4 Å². The minimum absolute atomic E-state index is 0.0361. The van der Waals surface area contributed by atoms with E-state index >= 15 is 0 Å². The number of nitrogens with zero attached hydrogens (tertiary/aromatic N) is 2. The van der Waals surface area contributed by atoms with Crippen LogP contribution >= 0.6 is 0 Å². The van der Waals surface area contributed by atoms with Crippen LogP contribution in [0.2, 0.25) is 0 Å². The van der Waals surface area contributed by atoms with Gasteiger partial charge in [0, 0.05) is 6.07 Å². The highest BCUT2D eigenvalue weighted by Crippen LogP contribution is 2.25. The molecule has 0 spiro atoms. The van der Waals surface area contributed by atoms with Crippen LogP contribution in [0.25, 0.3) is 0 Å². The van der Waals surface area contributed by atoms with E-state index < -0.39 is 11.0 Å². The summed E-state index contributed by atoms with van der Waals surface area (Å²) in [6.07, 6.45) is 0.813. The largest absolute Gasteiger partial charge is 0.455 e. The second-order valence-electron chi connectivity index (χ2n) is 3.95. The lowest BCUT2D eigenvalue weighted by molar-refractivity contribution is -0.384. The molecule has 0 fully saturated rings. The summed E-state index contributed by atoms with van der Waals surface area (Å²) in [5.74, 6) is 0.811. The fourth-order valence-corrected chi connectivity index (χ4v) is 1.50. The summed E-state index contributed by atoms with van der Waals surface area (Å²) in [6.45, 7) is 1.61. The van der Waals surface area contributed by atoms with Crippen LogP contribution in [0.1, 0.15) is 18.7 Å². The molecule has 0 aliphatic heterocycles. The second kappa shape index (κ2) is 5.45. The zero-order valence-corrected chi connectivity index (χ0v) is 10.2. The lowest BCUT2D eigenvalue weighted by Gasteiger charge is -2.07. The summed E-state index contributed by atoms with van der Waals surface area (Å²) < 4.78 is 5.46. The molecule has 0 aliphatic carbocycles. The fourth-order valence-electron chi connectivity index (χ4n) is 1.50. The third kappa shape index (κ3) is 3.26. The van der Waals surface area contributed by atoms with E-state index in [-0.39, 0.29) is 5.69 Å². The molecule has 0 aliphatic rings. The molecule has 19 heavy (non-hydrogen) atoms. The first-order chi connectivity index (χ1) is 9.06. The SMILES string of the molecule is C[C@H](O)c1ccc(Oc2cccc([N+](=O)[O-])c2)cn1. The van der Waals surface area contributed by atoms with Gasteiger partial charge in [0.2, 0.25) is 0 Å². The molecule has 1 heterocycles. The molecule has 6 nitrogen and oxygen atoms in total. The van der Waals surface area contributed by atoms with Gasteiger partial charge in [-0.2, -0.15) is 0 Å². The molecule has 0 saturated carbocycles. The molecule has 0 radical (unpaired) electrons. The number of hydrogen-bond acceptors (Lipinski definition) is 5. The number of aromatic nitrogens is 1. The van der Waals surface area contributed by atoms with Crippen molar-refractivity contribution < 1.29 is 14.8 Å². The fraction of sp³-hybridized carbons (Fsp3) is 0.154. The van der Waals surface area contributed by atoms with Crippen LogP contribution < -0.4 is 4.74 Å². The van der Waals surface area contributed by atoms with Crippen molar-refractivity contribution in [2.75, 3.05) is 0 Å². The summed E-state index contributed by atoms with van der Waals surface area (Å²) in [4.78, 5) is 14.2. The first-order valence-corrected chi connectivity index (χ1v) is 5.62. The maximum absolute atomic E-state index is 10.6. The van der Waals surface area contributed by atoms with Crippen LogP contribution in [0.3, 0.4) is 0 Å². The van der Waals surface area contributed by atoms with E-state index in [0.717, 1.165) is 0 Å². The first-order valence-electron chi connectivity index (χ1n) is 5.62. The van der Waals surface area contributed by atoms with Gasteiger partial charge in [-0.3, -0.25) is 15.1 Å². The molecule has 0 saturated heterocycles. The quantitative estimate of drug-likeness (QED) is 0.674. The normalized spacial score (nSPS) is 11.9. The Morgan fingerprint density at radius 1 is 1.32 bits per heavy atom. The summed E-state index contributed by atoms with van der Waals surface area (Å²) in [5, 5.41) is 20.0. The summed E-state index contributed by atoms with van der Waals surface area (Å²) >= 11 is 0. The highest BCUT2D eigenvalue weighted by molar-refractivity contribution is 5.40. The number of aliphatic hydroxyl groups is 1. The highest BCUT2D eigenvalue weighted by Gasteiger charge is 2.08. The van der Waals surface area contributed by atoms with E-state index in [1.54, 1.807) is 31.2 Å². The number of non-ortho nitro benzene ring substituents is 1. The maximum Gasteiger partial charge on any atom is 0.273 e. The summed E-state index contributed by atoms with van der Waals surface area (Å²) in [5.41, 5.74) is 0.498. The minimum Gasteiger partial charge on any atom is -0.455 e. The van der Waals surface area contributed by atoms with Crippen molar-refractivity contribution >= 4 is 5.69 Å². The van der Waals surface area contributed by atoms with Gasteiger partial charge < -0.3 is 9.84 Å². The third-order valence-corrected chi connectivity index (χ3v) is 2.45. The summed E-state index contributed by atoms with van der Waals surface area (Å²) in [6, 6.07) is 9.18. The predicted octanol–water partition coefficient (Wildman–Crippen LogP) is 2.84. The molecule has 1 aromatic heterocycles. The topological polar surface area (TPSA) is 85.5 Å². The van der Waals surface area contributed by atoms with Crippen LogP contribution in [-0.2, 0) is 0 Å². The summed E-state index contributed by atoms with van der Waals surface area (Å²) in [7, 11) is 0. The van der Waals surface area contributed by atoms with Gasteiger partial charge in [-0.15, -0.1) is 0 Å². The Bertz CT molecular complexity index is 581. The molecular formula is C13H12N2O4. The van der Waals surface area contributed by atoms with Gasteiger partial charge in [0.15, 0.2) is 0 Å². The van der Waals surface area contributed by atoms with E-state index in [4.69, 9.17) is 4.74 Å². The van der Waals surface area contributed by atoms with Gasteiger partial charge in [0.1, 0.15) is 11.5 Å². The smallest absolute Gasteiger partial charge is 0.273 e. The average Bonchev–Trinajstić information content (AvgIpc) is 2.39. The van der Waals surface area contributed by atoms with Crippen LogP contribution in [0.4, 0.5) is 5.69 Å². The van der Waals surface area contributed by atoms with E-state index in [2.05, 4.69) is 4.98 Å². The zero-order valence-electron chi connectivity index (χ0n) is 10.2. The number of ether oxygens (including phenoxy) is 1. The average molecular weight is 260 g/mol. The van der Waals surface area contributed by atoms with E-state index in [0.29, 0.717) is 17.2 Å². The number of aliphatic hydroxyl groups excluding tert-OH is 1.